The van der Waals surface area contributed by atoms with Gasteiger partial charge in [0.25, 0.3) is 0 Å². The van der Waals surface area contributed by atoms with Crippen molar-refractivity contribution < 1.29 is 30.0 Å². The topological polar surface area (TPSA) is 239 Å². The Balaban J connectivity index is 0.00000211. The average molecular weight is 582 g/mol. The number of nitrogens with zero attached hydrogens (tertiary/aromatic N) is 3. The minimum Gasteiger partial charge on any atom is -0.507 e. The van der Waals surface area contributed by atoms with Crippen LogP contribution < -0.4 is 33.2 Å². The minimum absolute atomic E-state index is 0.181. The molecule has 0 aliphatic heterocycles. The fourth-order valence-electron chi connectivity index (χ4n) is 3.45. The molecule has 0 bridgehead atoms. The Kier molecular flexibility index (Phi) is 12.8. The maximum atomic E-state index is 11.1. The number of carbonyl (C=O) groups is 2. The van der Waals surface area contributed by atoms with Gasteiger partial charge in [0, 0.05) is 12.1 Å². The van der Waals surface area contributed by atoms with Crippen LogP contribution in [0.5, 0.6) is 11.5 Å². The summed E-state index contributed by atoms with van der Waals surface area (Å²) in [7, 11) is 0. The van der Waals surface area contributed by atoms with E-state index in [-0.39, 0.29) is 33.9 Å². The number of rotatable bonds is 8. The Morgan fingerprint density at radius 2 is 1.00 bits per heavy atom. The fourth-order valence-corrected chi connectivity index (χ4v) is 3.45. The lowest BCUT2D eigenvalue weighted by Crippen LogP contribution is -2.31. The smallest absolute Gasteiger partial charge is 0.339 e. The molecule has 13 nitrogen and oxygen atoms in total. The molecule has 0 radical (unpaired) electrons. The predicted octanol–water partition coefficient (Wildman–Crippen LogP) is 4.00. The third-order valence-electron chi connectivity index (χ3n) is 5.78. The maximum absolute atomic E-state index is 11.1. The summed E-state index contributed by atoms with van der Waals surface area (Å²) in [6.07, 6.45) is 0. The second-order valence-corrected chi connectivity index (χ2v) is 8.16. The molecule has 12 N–H and O–H groups in total. The van der Waals surface area contributed by atoms with Crippen molar-refractivity contribution >= 4 is 34.7 Å². The number of nitrogens with two attached hydrogens (primary N) is 4. The lowest BCUT2D eigenvalue weighted by molar-refractivity contribution is 0.0682. The van der Waals surface area contributed by atoms with E-state index >= 15 is 0 Å². The molecule has 0 aliphatic rings. The van der Waals surface area contributed by atoms with Crippen LogP contribution in [-0.4, -0.2) is 37.3 Å². The number of phenols is 2. The van der Waals surface area contributed by atoms with E-state index in [1.165, 1.54) is 46.4 Å². The van der Waals surface area contributed by atoms with Crippen LogP contribution in [0.25, 0.3) is 11.4 Å². The Morgan fingerprint density at radius 3 is 1.29 bits per heavy atom. The van der Waals surface area contributed by atoms with E-state index < -0.39 is 23.4 Å². The van der Waals surface area contributed by atoms with Gasteiger partial charge in [0.2, 0.25) is 0 Å². The molecule has 0 fully saturated rings. The van der Waals surface area contributed by atoms with Crippen LogP contribution in [0, 0.1) is 0 Å². The summed E-state index contributed by atoms with van der Waals surface area (Å²) in [4.78, 5) is 26.8. The van der Waals surface area contributed by atoms with Gasteiger partial charge in [-0.2, -0.15) is 0 Å². The van der Waals surface area contributed by atoms with Gasteiger partial charge >= 0.3 is 11.9 Å². The first kappa shape index (κ1) is 34.8. The molecule has 0 saturated carbocycles. The molecule has 0 amide bonds. The van der Waals surface area contributed by atoms with E-state index in [0.717, 1.165) is 0 Å². The van der Waals surface area contributed by atoms with Gasteiger partial charge in [-0.15, -0.1) is 0 Å². The number of aromatic hydroxyl groups is 2. The van der Waals surface area contributed by atoms with Gasteiger partial charge in [0.1, 0.15) is 22.6 Å². The summed E-state index contributed by atoms with van der Waals surface area (Å²) in [6, 6.07) is 12.6. The number of pyridine rings is 1. The van der Waals surface area contributed by atoms with Crippen molar-refractivity contribution in [3.63, 3.8) is 0 Å². The largest absolute Gasteiger partial charge is 0.507 e. The van der Waals surface area contributed by atoms with Crippen LogP contribution in [0.1, 0.15) is 73.6 Å². The van der Waals surface area contributed by atoms with E-state index in [1.54, 1.807) is 32.0 Å². The molecular formula is C29H39N7O6. The lowest BCUT2D eigenvalue weighted by atomic mass is 10.1. The zero-order valence-electron chi connectivity index (χ0n) is 24.5. The molecule has 0 unspecified atom stereocenters. The van der Waals surface area contributed by atoms with Crippen LogP contribution in [0.3, 0.4) is 0 Å². The van der Waals surface area contributed by atoms with Crippen molar-refractivity contribution in [3.8, 4) is 11.5 Å². The molecular weight excluding hydrogens is 542 g/mol. The average Bonchev–Trinajstić information content (AvgIpc) is 3.00. The maximum Gasteiger partial charge on any atom is 0.339 e. The normalized spacial score (nSPS) is 11.4. The lowest BCUT2D eigenvalue weighted by Gasteiger charge is -2.23. The molecule has 3 rings (SSSR count). The number of aromatic nitrogens is 1. The van der Waals surface area contributed by atoms with Gasteiger partial charge in [0.15, 0.2) is 0 Å². The number of hydrogen-bond acceptors (Lipinski definition) is 11. The van der Waals surface area contributed by atoms with E-state index in [1.807, 2.05) is 27.7 Å². The highest BCUT2D eigenvalue weighted by Crippen LogP contribution is 2.28. The number of benzene rings is 2. The van der Waals surface area contributed by atoms with Gasteiger partial charge in [0.05, 0.1) is 45.6 Å². The number of aromatic carboxylic acids is 2. The van der Waals surface area contributed by atoms with Crippen LogP contribution in [-0.2, 0) is 0 Å². The third kappa shape index (κ3) is 7.90. The number of allylic oxidation sites excluding steroid dienone is 2. The van der Waals surface area contributed by atoms with Gasteiger partial charge in [-0.25, -0.2) is 26.3 Å². The molecule has 0 atom stereocenters. The second-order valence-electron chi connectivity index (χ2n) is 8.16. The molecule has 1 heterocycles. The van der Waals surface area contributed by atoms with Crippen molar-refractivity contribution in [2.24, 2.45) is 23.2 Å². The Bertz CT molecular complexity index is 1380. The summed E-state index contributed by atoms with van der Waals surface area (Å²) in [5.74, 6) is 8.84. The van der Waals surface area contributed by atoms with Crippen molar-refractivity contribution in [3.05, 3.63) is 88.5 Å². The number of anilines is 2. The molecule has 0 spiro atoms. The van der Waals surface area contributed by atoms with Crippen LogP contribution in [0.15, 0.2) is 66.0 Å². The van der Waals surface area contributed by atoms with Crippen molar-refractivity contribution in [1.82, 2.24) is 4.98 Å². The third-order valence-corrected chi connectivity index (χ3v) is 5.78. The van der Waals surface area contributed by atoms with Gasteiger partial charge < -0.3 is 31.9 Å². The Hall–Kier alpha value is -5.27. The summed E-state index contributed by atoms with van der Waals surface area (Å²) in [6.45, 7) is 11.2. The molecule has 1 aromatic heterocycles. The number of carboxylic acids is 2. The summed E-state index contributed by atoms with van der Waals surface area (Å²) in [5.41, 5.74) is 14.4. The number of hydrazine groups is 2. The fraction of sp³-hybridized carbons (Fsp3) is 0.207. The van der Waals surface area contributed by atoms with E-state index in [4.69, 9.17) is 33.4 Å². The Morgan fingerprint density at radius 1 is 0.667 bits per heavy atom. The van der Waals surface area contributed by atoms with Crippen LogP contribution in [0.4, 0.5) is 11.4 Å². The second kappa shape index (κ2) is 15.5. The first-order valence-corrected chi connectivity index (χ1v) is 13.0. The quantitative estimate of drug-likeness (QED) is 0.139. The number of carboxylic acid groups (broad SMARTS) is 2. The predicted molar refractivity (Wildman–Crippen MR) is 164 cm³/mol. The summed E-state index contributed by atoms with van der Waals surface area (Å²) in [5, 5.41) is 40.5. The first-order valence-electron chi connectivity index (χ1n) is 13.0. The molecule has 2 aromatic carbocycles. The standard InChI is InChI=1S/C25H27N7O6.2C2H6/c1-12(31(28)14-6-8-16(24(35)36)20(33)10-14)22(26)18-4-3-5-19(30-18)23(27)13(2)32(29)15-7-9-17(25(37)38)21(34)11-15;2*1-2/h3-11,33-34H,26-29H2,1-2H3,(H,35,36)(H,37,38);2*1-2H3/b22-12-,23-13-;;. The highest BCUT2D eigenvalue weighted by atomic mass is 16.4. The molecule has 3 aromatic rings. The van der Waals surface area contributed by atoms with Crippen LogP contribution in [0.2, 0.25) is 0 Å². The first-order chi connectivity index (χ1) is 19.8. The summed E-state index contributed by atoms with van der Waals surface area (Å²) >= 11 is 0. The molecule has 42 heavy (non-hydrogen) atoms. The molecule has 13 heteroatoms. The van der Waals surface area contributed by atoms with Gasteiger partial charge in [-0.3, -0.25) is 10.0 Å². The van der Waals surface area contributed by atoms with Gasteiger partial charge in [-0.1, -0.05) is 33.8 Å². The number of hydrogen-bond donors (Lipinski definition) is 8. The van der Waals surface area contributed by atoms with Crippen LogP contribution >= 0.6 is 0 Å². The molecule has 0 aliphatic carbocycles. The zero-order chi connectivity index (χ0) is 32.3. The van der Waals surface area contributed by atoms with Crippen molar-refractivity contribution in [2.45, 2.75) is 41.5 Å². The highest BCUT2D eigenvalue weighted by Gasteiger charge is 2.17. The van der Waals surface area contributed by atoms with Crippen molar-refractivity contribution in [2.75, 3.05) is 10.0 Å². The molecule has 226 valence electrons. The van der Waals surface area contributed by atoms with E-state index in [0.29, 0.717) is 22.8 Å². The minimum atomic E-state index is -1.28. The highest BCUT2D eigenvalue weighted by molar-refractivity contribution is 5.92. The van der Waals surface area contributed by atoms with Crippen molar-refractivity contribution in [1.29, 1.82) is 0 Å². The van der Waals surface area contributed by atoms with Gasteiger partial charge in [-0.05, 0) is 50.2 Å². The summed E-state index contributed by atoms with van der Waals surface area (Å²) < 4.78 is 0. The zero-order valence-corrected chi connectivity index (χ0v) is 24.5. The SMILES string of the molecule is C/C(=C(/N)c1cccc(/C(N)=C(\C)N(N)c2ccc(C(=O)O)c(O)c2)n1)N(N)c1ccc(C(=O)O)c(O)c1.CC.CC. The molecule has 0 saturated heterocycles. The monoisotopic (exact) mass is 581 g/mol. The van der Waals surface area contributed by atoms with E-state index in [2.05, 4.69) is 4.98 Å². The van der Waals surface area contributed by atoms with E-state index in [9.17, 15) is 19.8 Å². The Labute approximate surface area is 244 Å².